The fourth-order valence-electron chi connectivity index (χ4n) is 3.80. The summed E-state index contributed by atoms with van der Waals surface area (Å²) in [6.07, 6.45) is 0.739. The smallest absolute Gasteiger partial charge is 0.354 e. The van der Waals surface area contributed by atoms with Crippen LogP contribution in [0.3, 0.4) is 0 Å². The molecule has 2 heterocycles. The molecule has 36 heavy (non-hydrogen) atoms. The van der Waals surface area contributed by atoms with Gasteiger partial charge in [0.25, 0.3) is 0 Å². The number of carbonyl (C=O) groups is 2. The van der Waals surface area contributed by atoms with Gasteiger partial charge in [-0.3, -0.25) is 14.6 Å². The van der Waals surface area contributed by atoms with Gasteiger partial charge in [-0.05, 0) is 56.5 Å². The summed E-state index contributed by atoms with van der Waals surface area (Å²) in [6, 6.07) is 3.97. The number of pyridine rings is 1. The number of aromatic nitrogens is 3. The van der Waals surface area contributed by atoms with E-state index >= 15 is 0 Å². The van der Waals surface area contributed by atoms with E-state index in [-0.39, 0.29) is 36.0 Å². The number of hydrogen-bond donors (Lipinski definition) is 2. The van der Waals surface area contributed by atoms with Gasteiger partial charge in [0.2, 0.25) is 5.91 Å². The van der Waals surface area contributed by atoms with Gasteiger partial charge in [-0.1, -0.05) is 0 Å². The fraction of sp³-hybridized carbons (Fsp3) is 0.320. The molecule has 1 saturated carbocycles. The first-order chi connectivity index (χ1) is 17.0. The number of hydrogen-bond acceptors (Lipinski definition) is 6. The minimum Gasteiger partial charge on any atom is -0.354 e. The van der Waals surface area contributed by atoms with E-state index in [1.165, 1.54) is 18.6 Å². The molecule has 7 nitrogen and oxygen atoms in total. The monoisotopic (exact) mass is 501 g/mol. The first-order valence-electron chi connectivity index (χ1n) is 11.2. The molecule has 0 aliphatic heterocycles. The molecule has 0 radical (unpaired) electrons. The molecule has 0 saturated heterocycles. The Morgan fingerprint density at radius 1 is 1.03 bits per heavy atom. The molecule has 1 aliphatic carbocycles. The number of benzene rings is 1. The Morgan fingerprint density at radius 3 is 2.33 bits per heavy atom. The summed E-state index contributed by atoms with van der Waals surface area (Å²) < 4.78 is 53.1. The lowest BCUT2D eigenvalue weighted by Gasteiger charge is -2.17. The molecule has 0 spiro atoms. The van der Waals surface area contributed by atoms with Crippen LogP contribution in [0.2, 0.25) is 0 Å². The number of ketones is 1. The Hall–Kier alpha value is -3.89. The maximum Gasteiger partial charge on any atom is 0.418 e. The summed E-state index contributed by atoms with van der Waals surface area (Å²) in [7, 11) is 0. The van der Waals surface area contributed by atoms with Gasteiger partial charge < -0.3 is 10.6 Å². The van der Waals surface area contributed by atoms with Crippen molar-refractivity contribution in [1.82, 2.24) is 20.3 Å². The van der Waals surface area contributed by atoms with Gasteiger partial charge in [0, 0.05) is 18.8 Å². The number of rotatable bonds is 8. The largest absolute Gasteiger partial charge is 0.418 e. The van der Waals surface area contributed by atoms with Crippen LogP contribution in [0.5, 0.6) is 0 Å². The van der Waals surface area contributed by atoms with E-state index in [0.717, 1.165) is 12.1 Å². The zero-order valence-electron chi connectivity index (χ0n) is 19.5. The lowest BCUT2D eigenvalue weighted by molar-refractivity contribution is -0.137. The van der Waals surface area contributed by atoms with Crippen molar-refractivity contribution in [3.8, 4) is 0 Å². The number of amides is 1. The number of nitrogens with one attached hydrogen (secondary N) is 2. The summed E-state index contributed by atoms with van der Waals surface area (Å²) in [5, 5.41) is 5.45. The molecule has 4 rings (SSSR count). The number of Topliss-reactive ketones (excluding diaryl/α,β-unsaturated/α-hetero) is 1. The molecule has 0 atom stereocenters. The van der Waals surface area contributed by atoms with Crippen LogP contribution in [-0.4, -0.2) is 26.6 Å². The molecule has 0 bridgehead atoms. The molecule has 3 aromatic rings. The molecule has 188 valence electrons. The van der Waals surface area contributed by atoms with Gasteiger partial charge in [0.05, 0.1) is 46.4 Å². The number of aryl methyl sites for hydroxylation is 2. The zero-order chi connectivity index (χ0) is 26.1. The van der Waals surface area contributed by atoms with Crippen LogP contribution in [0.25, 0.3) is 0 Å². The van der Waals surface area contributed by atoms with Crippen LogP contribution in [0.15, 0.2) is 42.9 Å². The number of carbonyl (C=O) groups excluding carboxylic acids is 2. The minimum absolute atomic E-state index is 0.0553. The lowest BCUT2D eigenvalue weighted by atomic mass is 9.95. The average molecular weight is 501 g/mol. The molecule has 2 aromatic heterocycles. The topological polar surface area (TPSA) is 96.9 Å². The number of halogens is 4. The molecule has 2 N–H and O–H groups in total. The fourth-order valence-corrected chi connectivity index (χ4v) is 3.80. The minimum atomic E-state index is -4.73. The van der Waals surface area contributed by atoms with Crippen molar-refractivity contribution in [3.63, 3.8) is 0 Å². The Kier molecular flexibility index (Phi) is 6.75. The molecular weight excluding hydrogens is 478 g/mol. The second-order valence-corrected chi connectivity index (χ2v) is 8.88. The van der Waals surface area contributed by atoms with Crippen molar-refractivity contribution in [2.45, 2.75) is 45.8 Å². The van der Waals surface area contributed by atoms with Gasteiger partial charge in [-0.2, -0.15) is 13.2 Å². The SMILES string of the molecule is Cc1ncc(C(=O)CC2(C(=O)NCc3ncc(Nc4ccc(F)cc4C(F)(F)F)cc3C)CC2)cn1. The molecule has 1 aliphatic rings. The molecule has 0 unspecified atom stereocenters. The van der Waals surface area contributed by atoms with Crippen molar-refractivity contribution in [2.24, 2.45) is 5.41 Å². The Balaban J connectivity index is 1.39. The van der Waals surface area contributed by atoms with Crippen LogP contribution in [0, 0.1) is 25.1 Å². The quantitative estimate of drug-likeness (QED) is 0.331. The Morgan fingerprint density at radius 2 is 1.72 bits per heavy atom. The van der Waals surface area contributed by atoms with Crippen LogP contribution >= 0.6 is 0 Å². The maximum atomic E-state index is 13.3. The van der Waals surface area contributed by atoms with E-state index in [0.29, 0.717) is 41.6 Å². The second-order valence-electron chi connectivity index (χ2n) is 8.88. The van der Waals surface area contributed by atoms with Crippen LogP contribution in [0.4, 0.5) is 28.9 Å². The van der Waals surface area contributed by atoms with Gasteiger partial charge in [-0.25, -0.2) is 14.4 Å². The third-order valence-corrected chi connectivity index (χ3v) is 6.11. The van der Waals surface area contributed by atoms with Crippen molar-refractivity contribution >= 4 is 23.1 Å². The average Bonchev–Trinajstić information content (AvgIpc) is 3.60. The summed E-state index contributed by atoms with van der Waals surface area (Å²) in [5.41, 5.74) is -0.400. The van der Waals surface area contributed by atoms with Gasteiger partial charge >= 0.3 is 6.18 Å². The first kappa shape index (κ1) is 25.2. The molecule has 1 fully saturated rings. The van der Waals surface area contributed by atoms with E-state index in [1.54, 1.807) is 19.9 Å². The van der Waals surface area contributed by atoms with Crippen LogP contribution in [-0.2, 0) is 17.5 Å². The van der Waals surface area contributed by atoms with Gasteiger partial charge in [0.1, 0.15) is 11.6 Å². The lowest BCUT2D eigenvalue weighted by Crippen LogP contribution is -2.33. The van der Waals surface area contributed by atoms with Crippen molar-refractivity contribution in [3.05, 3.63) is 76.9 Å². The van der Waals surface area contributed by atoms with E-state index in [4.69, 9.17) is 0 Å². The van der Waals surface area contributed by atoms with Gasteiger partial charge in [-0.15, -0.1) is 0 Å². The highest BCUT2D eigenvalue weighted by molar-refractivity contribution is 6.00. The van der Waals surface area contributed by atoms with Crippen molar-refractivity contribution < 1.29 is 27.2 Å². The molecular formula is C25H23F4N5O2. The molecule has 1 aromatic carbocycles. The van der Waals surface area contributed by atoms with Crippen LogP contribution < -0.4 is 10.6 Å². The summed E-state index contributed by atoms with van der Waals surface area (Å²) in [4.78, 5) is 37.7. The van der Waals surface area contributed by atoms with E-state index < -0.39 is 23.0 Å². The third kappa shape index (κ3) is 5.67. The molecule has 11 heteroatoms. The second kappa shape index (κ2) is 9.63. The standard InChI is InChI=1S/C25H23F4N5O2/c1-14-7-18(34-20-4-3-17(26)8-19(20)25(27,28)29)12-32-21(14)13-33-23(36)24(5-6-24)9-22(35)16-10-30-15(2)31-11-16/h3-4,7-8,10-12,34H,5-6,9,13H2,1-2H3,(H,33,36). The predicted octanol–water partition coefficient (Wildman–Crippen LogP) is 5.06. The summed E-state index contributed by atoms with van der Waals surface area (Å²) in [6.45, 7) is 3.52. The zero-order valence-corrected chi connectivity index (χ0v) is 19.5. The van der Waals surface area contributed by atoms with E-state index in [1.807, 2.05) is 0 Å². The van der Waals surface area contributed by atoms with Gasteiger partial charge in [0.15, 0.2) is 5.78 Å². The summed E-state index contributed by atoms with van der Waals surface area (Å²) >= 11 is 0. The maximum absolute atomic E-state index is 13.3. The van der Waals surface area contributed by atoms with E-state index in [2.05, 4.69) is 25.6 Å². The summed E-state index contributed by atoms with van der Waals surface area (Å²) in [5.74, 6) is -0.900. The molecule has 1 amide bonds. The highest BCUT2D eigenvalue weighted by Crippen LogP contribution is 2.49. The van der Waals surface area contributed by atoms with Crippen LogP contribution in [0.1, 0.15) is 52.3 Å². The van der Waals surface area contributed by atoms with Crippen molar-refractivity contribution in [1.29, 1.82) is 0 Å². The number of alkyl halides is 3. The highest BCUT2D eigenvalue weighted by atomic mass is 19.4. The Labute approximate surface area is 204 Å². The first-order valence-corrected chi connectivity index (χ1v) is 11.2. The van der Waals surface area contributed by atoms with Crippen molar-refractivity contribution in [2.75, 3.05) is 5.32 Å². The highest BCUT2D eigenvalue weighted by Gasteiger charge is 2.51. The normalized spacial score (nSPS) is 14.3. The number of anilines is 2. The van der Waals surface area contributed by atoms with E-state index in [9.17, 15) is 27.2 Å². The predicted molar refractivity (Wildman–Crippen MR) is 123 cm³/mol. The number of nitrogens with zero attached hydrogens (tertiary/aromatic N) is 3. The third-order valence-electron chi connectivity index (χ3n) is 6.11. The Bertz CT molecular complexity index is 1300.